The van der Waals surface area contributed by atoms with E-state index in [2.05, 4.69) is 11.2 Å². The fourth-order valence-electron chi connectivity index (χ4n) is 1.39. The summed E-state index contributed by atoms with van der Waals surface area (Å²) in [5.74, 6) is 2.28. The third-order valence-corrected chi connectivity index (χ3v) is 2.30. The fraction of sp³-hybridized carbons (Fsp3) is 0.286. The number of rotatable bonds is 5. The number of Topliss-reactive ketones (excluding diaryl/α,β-unsaturated/α-hetero) is 1. The Bertz CT molecular complexity index is 488. The summed E-state index contributed by atoms with van der Waals surface area (Å²) in [7, 11) is 0. The number of hydrogen-bond acceptors (Lipinski definition) is 3. The van der Waals surface area contributed by atoms with Gasteiger partial charge in [-0.2, -0.15) is 0 Å². The number of benzene rings is 1. The molecular weight excluding hydrogens is 230 g/mol. The first kappa shape index (κ1) is 13.8. The zero-order valence-corrected chi connectivity index (χ0v) is 10.4. The van der Waals surface area contributed by atoms with Gasteiger partial charge in [-0.1, -0.05) is 18.1 Å². The van der Waals surface area contributed by atoms with Gasteiger partial charge in [0.2, 0.25) is 0 Å². The maximum absolute atomic E-state index is 11.6. The van der Waals surface area contributed by atoms with E-state index >= 15 is 0 Å². The van der Waals surface area contributed by atoms with Crippen LogP contribution in [0, 0.1) is 12.3 Å². The minimum absolute atomic E-state index is 0.109. The first-order valence-electron chi connectivity index (χ1n) is 5.54. The van der Waals surface area contributed by atoms with Gasteiger partial charge in [0.15, 0.2) is 11.9 Å². The molecule has 1 N–H and O–H groups in total. The number of hydrogen-bond donors (Lipinski definition) is 1. The molecule has 0 fully saturated rings. The van der Waals surface area contributed by atoms with Crippen molar-refractivity contribution in [1.82, 2.24) is 5.32 Å². The maximum atomic E-state index is 11.6. The van der Waals surface area contributed by atoms with Crippen LogP contribution < -0.4 is 10.1 Å². The van der Waals surface area contributed by atoms with Gasteiger partial charge in [0, 0.05) is 0 Å². The molecule has 0 spiro atoms. The van der Waals surface area contributed by atoms with Crippen LogP contribution in [-0.2, 0) is 4.79 Å². The molecule has 0 aliphatic heterocycles. The van der Waals surface area contributed by atoms with E-state index in [9.17, 15) is 9.59 Å². The minimum Gasteiger partial charge on any atom is -0.480 e. The highest BCUT2D eigenvalue weighted by Gasteiger charge is 2.16. The Hall–Kier alpha value is -2.28. The highest BCUT2D eigenvalue weighted by molar-refractivity contribution is 5.96. The van der Waals surface area contributed by atoms with Crippen molar-refractivity contribution in [3.8, 4) is 18.1 Å². The Balaban J connectivity index is 2.76. The normalized spacial score (nSPS) is 11.2. The highest BCUT2D eigenvalue weighted by atomic mass is 16.5. The monoisotopic (exact) mass is 245 g/mol. The zero-order chi connectivity index (χ0) is 13.5. The van der Waals surface area contributed by atoms with Crippen LogP contribution in [0.2, 0.25) is 0 Å². The zero-order valence-electron chi connectivity index (χ0n) is 10.4. The van der Waals surface area contributed by atoms with Crippen molar-refractivity contribution in [3.05, 3.63) is 29.8 Å². The number of ether oxygens (including phenoxy) is 1. The SMILES string of the molecule is C#CCNC(=O)C(C)Oc1ccccc1C(C)=O. The molecule has 18 heavy (non-hydrogen) atoms. The smallest absolute Gasteiger partial charge is 0.261 e. The summed E-state index contributed by atoms with van der Waals surface area (Å²) in [5, 5.41) is 2.52. The van der Waals surface area contributed by atoms with Gasteiger partial charge in [-0.3, -0.25) is 9.59 Å². The van der Waals surface area contributed by atoms with Crippen molar-refractivity contribution < 1.29 is 14.3 Å². The number of carbonyl (C=O) groups is 2. The molecule has 1 unspecified atom stereocenters. The molecule has 0 saturated carbocycles. The van der Waals surface area contributed by atoms with Crippen molar-refractivity contribution in [2.45, 2.75) is 20.0 Å². The van der Waals surface area contributed by atoms with Crippen LogP contribution in [0.1, 0.15) is 24.2 Å². The summed E-state index contributed by atoms with van der Waals surface area (Å²) in [6.45, 7) is 3.20. The third-order valence-electron chi connectivity index (χ3n) is 2.30. The molecule has 94 valence electrons. The molecule has 0 aliphatic rings. The summed E-state index contributed by atoms with van der Waals surface area (Å²) < 4.78 is 5.46. The Morgan fingerprint density at radius 3 is 2.72 bits per heavy atom. The van der Waals surface area contributed by atoms with Gasteiger partial charge in [0.1, 0.15) is 5.75 Å². The van der Waals surface area contributed by atoms with Crippen LogP contribution >= 0.6 is 0 Å². The predicted molar refractivity (Wildman–Crippen MR) is 68.4 cm³/mol. The number of ketones is 1. The van der Waals surface area contributed by atoms with E-state index in [-0.39, 0.29) is 18.2 Å². The van der Waals surface area contributed by atoms with E-state index in [1.807, 2.05) is 0 Å². The molecule has 0 aliphatic carbocycles. The third kappa shape index (κ3) is 3.63. The van der Waals surface area contributed by atoms with E-state index in [0.717, 1.165) is 0 Å². The summed E-state index contributed by atoms with van der Waals surface area (Å²) in [4.78, 5) is 23.0. The molecular formula is C14H15NO3. The summed E-state index contributed by atoms with van der Waals surface area (Å²) in [5.41, 5.74) is 0.453. The van der Waals surface area contributed by atoms with Crippen molar-refractivity contribution >= 4 is 11.7 Å². The lowest BCUT2D eigenvalue weighted by molar-refractivity contribution is -0.127. The molecule has 0 heterocycles. The Morgan fingerprint density at radius 2 is 2.11 bits per heavy atom. The quantitative estimate of drug-likeness (QED) is 0.630. The Kier molecular flexibility index (Phi) is 4.94. The molecule has 1 aromatic carbocycles. The van der Waals surface area contributed by atoms with Crippen molar-refractivity contribution in [3.63, 3.8) is 0 Å². The average molecular weight is 245 g/mol. The van der Waals surface area contributed by atoms with Crippen LogP contribution in [-0.4, -0.2) is 24.3 Å². The van der Waals surface area contributed by atoms with E-state index in [1.54, 1.807) is 31.2 Å². The average Bonchev–Trinajstić information content (AvgIpc) is 2.36. The second-order valence-corrected chi connectivity index (χ2v) is 3.73. The lowest BCUT2D eigenvalue weighted by atomic mass is 10.1. The molecule has 1 atom stereocenters. The number of nitrogens with one attached hydrogen (secondary N) is 1. The van der Waals surface area contributed by atoms with Crippen LogP contribution in [0.15, 0.2) is 24.3 Å². The van der Waals surface area contributed by atoms with Gasteiger partial charge >= 0.3 is 0 Å². The molecule has 0 radical (unpaired) electrons. The van der Waals surface area contributed by atoms with E-state index in [0.29, 0.717) is 11.3 Å². The topological polar surface area (TPSA) is 55.4 Å². The molecule has 0 aromatic heterocycles. The van der Waals surface area contributed by atoms with Gasteiger partial charge < -0.3 is 10.1 Å². The molecule has 1 aromatic rings. The van der Waals surface area contributed by atoms with E-state index in [1.165, 1.54) is 6.92 Å². The number of terminal acetylenes is 1. The number of amides is 1. The molecule has 4 nitrogen and oxygen atoms in total. The number of para-hydroxylation sites is 1. The van der Waals surface area contributed by atoms with E-state index < -0.39 is 6.10 Å². The van der Waals surface area contributed by atoms with Crippen LogP contribution in [0.4, 0.5) is 0 Å². The lowest BCUT2D eigenvalue weighted by Gasteiger charge is -2.15. The van der Waals surface area contributed by atoms with Crippen LogP contribution in [0.25, 0.3) is 0 Å². The summed E-state index contributed by atoms with van der Waals surface area (Å²) in [6, 6.07) is 6.80. The Labute approximate surface area is 106 Å². The molecule has 0 saturated heterocycles. The maximum Gasteiger partial charge on any atom is 0.261 e. The van der Waals surface area contributed by atoms with Crippen molar-refractivity contribution in [2.75, 3.05) is 6.54 Å². The largest absolute Gasteiger partial charge is 0.480 e. The molecule has 1 rings (SSSR count). The summed E-state index contributed by atoms with van der Waals surface area (Å²) >= 11 is 0. The summed E-state index contributed by atoms with van der Waals surface area (Å²) in [6.07, 6.45) is 4.33. The Morgan fingerprint density at radius 1 is 1.44 bits per heavy atom. The predicted octanol–water partition coefficient (Wildman–Crippen LogP) is 1.41. The fourth-order valence-corrected chi connectivity index (χ4v) is 1.39. The molecule has 0 bridgehead atoms. The molecule has 1 amide bonds. The van der Waals surface area contributed by atoms with Gasteiger partial charge in [-0.25, -0.2) is 0 Å². The van der Waals surface area contributed by atoms with E-state index in [4.69, 9.17) is 11.2 Å². The van der Waals surface area contributed by atoms with Crippen molar-refractivity contribution in [2.24, 2.45) is 0 Å². The van der Waals surface area contributed by atoms with Gasteiger partial charge in [-0.05, 0) is 26.0 Å². The number of carbonyl (C=O) groups excluding carboxylic acids is 2. The van der Waals surface area contributed by atoms with Gasteiger partial charge in [-0.15, -0.1) is 6.42 Å². The molecule has 4 heteroatoms. The van der Waals surface area contributed by atoms with Crippen molar-refractivity contribution in [1.29, 1.82) is 0 Å². The minimum atomic E-state index is -0.709. The van der Waals surface area contributed by atoms with Gasteiger partial charge in [0.05, 0.1) is 12.1 Å². The first-order valence-corrected chi connectivity index (χ1v) is 5.54. The second kappa shape index (κ2) is 6.45. The highest BCUT2D eigenvalue weighted by Crippen LogP contribution is 2.19. The van der Waals surface area contributed by atoms with Crippen LogP contribution in [0.5, 0.6) is 5.75 Å². The van der Waals surface area contributed by atoms with Gasteiger partial charge in [0.25, 0.3) is 5.91 Å². The first-order chi connectivity index (χ1) is 8.56. The lowest BCUT2D eigenvalue weighted by Crippen LogP contribution is -2.36. The standard InChI is InChI=1S/C14H15NO3/c1-4-9-15-14(17)11(3)18-13-8-6-5-7-12(13)10(2)16/h1,5-8,11H,9H2,2-3H3,(H,15,17). The van der Waals surface area contributed by atoms with Crippen LogP contribution in [0.3, 0.4) is 0 Å². The second-order valence-electron chi connectivity index (χ2n) is 3.73.